The molecule has 0 aliphatic carbocycles. The predicted molar refractivity (Wildman–Crippen MR) is 111 cm³/mol. The van der Waals surface area contributed by atoms with Crippen LogP contribution in [0.15, 0.2) is 60.7 Å². The molecule has 0 fully saturated rings. The number of benzene rings is 2. The molecule has 0 saturated carbocycles. The van der Waals surface area contributed by atoms with E-state index in [1.165, 1.54) is 12.1 Å². The van der Waals surface area contributed by atoms with Crippen molar-refractivity contribution in [2.45, 2.75) is 26.7 Å². The Balaban J connectivity index is 1.54. The second-order valence-electron chi connectivity index (χ2n) is 6.98. The fourth-order valence-corrected chi connectivity index (χ4v) is 3.43. The van der Waals surface area contributed by atoms with Gasteiger partial charge in [-0.25, -0.2) is 13.9 Å². The number of aryl methyl sites for hydroxylation is 2. The summed E-state index contributed by atoms with van der Waals surface area (Å²) < 4.78 is 14.8. The highest BCUT2D eigenvalue weighted by molar-refractivity contribution is 5.90. The Bertz CT molecular complexity index is 1170. The molecule has 6 heteroatoms. The first kappa shape index (κ1) is 18.8. The van der Waals surface area contributed by atoms with E-state index in [9.17, 15) is 9.18 Å². The molecule has 4 rings (SSSR count). The summed E-state index contributed by atoms with van der Waals surface area (Å²) in [5.41, 5.74) is 6.15. The molecular weight excluding hydrogens is 367 g/mol. The number of nitrogens with one attached hydrogen (secondary N) is 1. The van der Waals surface area contributed by atoms with E-state index in [1.54, 1.807) is 12.1 Å². The summed E-state index contributed by atoms with van der Waals surface area (Å²) >= 11 is 0. The number of amides is 1. The van der Waals surface area contributed by atoms with Gasteiger partial charge in [0.05, 0.1) is 5.69 Å². The number of rotatable bonds is 5. The van der Waals surface area contributed by atoms with Gasteiger partial charge in [0, 0.05) is 35.1 Å². The maximum atomic E-state index is 13.0. The Hall–Kier alpha value is -3.54. The lowest BCUT2D eigenvalue weighted by Crippen LogP contribution is -2.14. The van der Waals surface area contributed by atoms with Gasteiger partial charge < -0.3 is 5.32 Å². The summed E-state index contributed by atoms with van der Waals surface area (Å²) in [5.74, 6) is -0.455. The third kappa shape index (κ3) is 4.01. The van der Waals surface area contributed by atoms with Crippen molar-refractivity contribution in [1.29, 1.82) is 0 Å². The van der Waals surface area contributed by atoms with E-state index in [4.69, 9.17) is 5.10 Å². The molecule has 0 bridgehead atoms. The Morgan fingerprint density at radius 2 is 1.79 bits per heavy atom. The van der Waals surface area contributed by atoms with Gasteiger partial charge in [-0.2, -0.15) is 5.10 Å². The summed E-state index contributed by atoms with van der Waals surface area (Å²) in [6.45, 7) is 3.95. The normalized spacial score (nSPS) is 11.0. The van der Waals surface area contributed by atoms with Gasteiger partial charge in [0.1, 0.15) is 5.82 Å². The summed E-state index contributed by atoms with van der Waals surface area (Å²) in [7, 11) is 0. The molecule has 0 unspecified atom stereocenters. The van der Waals surface area contributed by atoms with Crippen molar-refractivity contribution in [2.24, 2.45) is 0 Å². The molecule has 0 atom stereocenters. The summed E-state index contributed by atoms with van der Waals surface area (Å²) in [6.07, 6.45) is 0.854. The first-order valence-electron chi connectivity index (χ1n) is 9.48. The Morgan fingerprint density at radius 3 is 2.52 bits per heavy atom. The second kappa shape index (κ2) is 7.83. The Morgan fingerprint density at radius 1 is 1.07 bits per heavy atom. The molecular formula is C23H21FN4O. The number of nitrogens with zero attached hydrogens (tertiary/aromatic N) is 3. The van der Waals surface area contributed by atoms with E-state index < -0.39 is 0 Å². The van der Waals surface area contributed by atoms with Crippen molar-refractivity contribution in [2.75, 3.05) is 5.32 Å². The van der Waals surface area contributed by atoms with E-state index in [1.807, 2.05) is 54.8 Å². The fraction of sp³-hybridized carbons (Fsp3) is 0.174. The van der Waals surface area contributed by atoms with Gasteiger partial charge in [0.25, 0.3) is 0 Å². The van der Waals surface area contributed by atoms with E-state index in [0.29, 0.717) is 18.5 Å². The van der Waals surface area contributed by atoms with Crippen LogP contribution in [0.5, 0.6) is 0 Å². The molecule has 1 N–H and O–H groups in total. The molecule has 2 heterocycles. The van der Waals surface area contributed by atoms with Crippen molar-refractivity contribution < 1.29 is 9.18 Å². The topological polar surface area (TPSA) is 59.3 Å². The summed E-state index contributed by atoms with van der Waals surface area (Å²) in [6, 6.07) is 17.7. The van der Waals surface area contributed by atoms with Crippen molar-refractivity contribution in [3.63, 3.8) is 0 Å². The number of anilines is 1. The van der Waals surface area contributed by atoms with Gasteiger partial charge in [0.15, 0.2) is 5.65 Å². The number of carbonyl (C=O) groups excluding carboxylic acids is 1. The van der Waals surface area contributed by atoms with E-state index in [-0.39, 0.29) is 11.7 Å². The zero-order chi connectivity index (χ0) is 20.4. The zero-order valence-electron chi connectivity index (χ0n) is 16.3. The van der Waals surface area contributed by atoms with Gasteiger partial charge in [0.2, 0.25) is 5.91 Å². The first-order valence-corrected chi connectivity index (χ1v) is 9.48. The molecule has 4 aromatic rings. The zero-order valence-corrected chi connectivity index (χ0v) is 16.3. The van der Waals surface area contributed by atoms with Gasteiger partial charge >= 0.3 is 0 Å². The quantitative estimate of drug-likeness (QED) is 0.538. The van der Waals surface area contributed by atoms with Crippen molar-refractivity contribution >= 4 is 17.2 Å². The van der Waals surface area contributed by atoms with E-state index >= 15 is 0 Å². The lowest BCUT2D eigenvalue weighted by atomic mass is 10.1. The van der Waals surface area contributed by atoms with Crippen molar-refractivity contribution in [3.8, 4) is 11.3 Å². The average molecular weight is 388 g/mol. The van der Waals surface area contributed by atoms with Crippen LogP contribution in [0.1, 0.15) is 23.4 Å². The molecule has 2 aromatic carbocycles. The maximum Gasteiger partial charge on any atom is 0.224 e. The molecule has 0 saturated heterocycles. The molecule has 146 valence electrons. The minimum absolute atomic E-state index is 0.124. The first-order chi connectivity index (χ1) is 14.0. The van der Waals surface area contributed by atoms with Gasteiger partial charge in [-0.05, 0) is 50.1 Å². The summed E-state index contributed by atoms with van der Waals surface area (Å²) in [4.78, 5) is 17.0. The monoisotopic (exact) mass is 388 g/mol. The SMILES string of the molecule is Cc1nc2cc(-c3ccccc3)nn2c(C)c1CCC(=O)Nc1ccc(F)cc1. The molecule has 5 nitrogen and oxygen atoms in total. The minimum Gasteiger partial charge on any atom is -0.326 e. The second-order valence-corrected chi connectivity index (χ2v) is 6.98. The third-order valence-corrected chi connectivity index (χ3v) is 4.96. The predicted octanol–water partition coefficient (Wildman–Crippen LogP) is 4.72. The highest BCUT2D eigenvalue weighted by atomic mass is 19.1. The van der Waals surface area contributed by atoms with Gasteiger partial charge in [-0.15, -0.1) is 0 Å². The fourth-order valence-electron chi connectivity index (χ4n) is 3.43. The summed E-state index contributed by atoms with van der Waals surface area (Å²) in [5, 5.41) is 7.50. The van der Waals surface area contributed by atoms with Crippen LogP contribution in [0, 0.1) is 19.7 Å². The van der Waals surface area contributed by atoms with Crippen LogP contribution in [0.3, 0.4) is 0 Å². The maximum absolute atomic E-state index is 13.0. The third-order valence-electron chi connectivity index (χ3n) is 4.96. The number of fused-ring (bicyclic) bond motifs is 1. The van der Waals surface area contributed by atoms with Crippen LogP contribution >= 0.6 is 0 Å². The van der Waals surface area contributed by atoms with Crippen LogP contribution in [0.4, 0.5) is 10.1 Å². The van der Waals surface area contributed by atoms with Crippen molar-refractivity contribution in [3.05, 3.63) is 83.4 Å². The number of aromatic nitrogens is 3. The minimum atomic E-state index is -0.331. The Kier molecular flexibility index (Phi) is 5.08. The standard InChI is InChI=1S/C23H21FN4O/c1-15-20(12-13-23(29)26-19-10-8-18(24)9-11-19)16(2)28-22(25-15)14-21(27-28)17-6-4-3-5-7-17/h3-11,14H,12-13H2,1-2H3,(H,26,29). The van der Waals surface area contributed by atoms with E-state index in [0.717, 1.165) is 33.9 Å². The number of carbonyl (C=O) groups is 1. The lowest BCUT2D eigenvalue weighted by molar-refractivity contribution is -0.116. The average Bonchev–Trinajstić information content (AvgIpc) is 3.14. The Labute approximate surface area is 168 Å². The molecule has 2 aromatic heterocycles. The van der Waals surface area contributed by atoms with Crippen LogP contribution in [0.2, 0.25) is 0 Å². The molecule has 0 aliphatic heterocycles. The number of hydrogen-bond acceptors (Lipinski definition) is 3. The smallest absolute Gasteiger partial charge is 0.224 e. The lowest BCUT2D eigenvalue weighted by Gasteiger charge is -2.11. The van der Waals surface area contributed by atoms with Gasteiger partial charge in [-0.3, -0.25) is 4.79 Å². The van der Waals surface area contributed by atoms with E-state index in [2.05, 4.69) is 10.3 Å². The van der Waals surface area contributed by atoms with Crippen LogP contribution < -0.4 is 5.32 Å². The number of halogens is 1. The highest BCUT2D eigenvalue weighted by Gasteiger charge is 2.14. The van der Waals surface area contributed by atoms with Crippen LogP contribution in [-0.4, -0.2) is 20.5 Å². The van der Waals surface area contributed by atoms with Crippen LogP contribution in [0.25, 0.3) is 16.9 Å². The van der Waals surface area contributed by atoms with Crippen molar-refractivity contribution in [1.82, 2.24) is 14.6 Å². The molecule has 29 heavy (non-hydrogen) atoms. The molecule has 0 spiro atoms. The molecule has 1 amide bonds. The molecule has 0 radical (unpaired) electrons. The molecule has 0 aliphatic rings. The van der Waals surface area contributed by atoms with Gasteiger partial charge in [-0.1, -0.05) is 30.3 Å². The number of hydrogen-bond donors (Lipinski definition) is 1. The van der Waals surface area contributed by atoms with Crippen LogP contribution in [-0.2, 0) is 11.2 Å². The largest absolute Gasteiger partial charge is 0.326 e. The highest BCUT2D eigenvalue weighted by Crippen LogP contribution is 2.22.